The van der Waals surface area contributed by atoms with Crippen LogP contribution >= 0.6 is 0 Å². The normalized spacial score (nSPS) is 19.9. The highest BCUT2D eigenvalue weighted by Crippen LogP contribution is 2.26. The predicted molar refractivity (Wildman–Crippen MR) is 86.4 cm³/mol. The molecule has 1 aliphatic carbocycles. The summed E-state index contributed by atoms with van der Waals surface area (Å²) in [7, 11) is 0. The summed E-state index contributed by atoms with van der Waals surface area (Å²) < 4.78 is 0. The lowest BCUT2D eigenvalue weighted by molar-refractivity contribution is 0.490. The molecule has 3 rings (SSSR count). The van der Waals surface area contributed by atoms with Crippen LogP contribution in [0.5, 0.6) is 0 Å². The van der Waals surface area contributed by atoms with E-state index in [0.29, 0.717) is 0 Å². The molecule has 0 saturated heterocycles. The highest BCUT2D eigenvalue weighted by molar-refractivity contribution is 5.54. The minimum Gasteiger partial charge on any atom is -0.370 e. The first-order valence-corrected chi connectivity index (χ1v) is 8.47. The topological polar surface area (TPSA) is 15.3 Å². The standard InChI is InChI=1S/C18H28N2/c1-2-8-16(7-1)15-19-12-14-20-13-6-5-10-17-9-3-4-11-18(17)20/h3-4,9,11,16,19H,1-2,5-8,10,12-15H2. The lowest BCUT2D eigenvalue weighted by Crippen LogP contribution is -2.34. The third-order valence-corrected chi connectivity index (χ3v) is 4.92. The Balaban J connectivity index is 1.49. The number of rotatable bonds is 5. The highest BCUT2D eigenvalue weighted by atomic mass is 15.1. The van der Waals surface area contributed by atoms with Crippen LogP contribution in [-0.4, -0.2) is 26.2 Å². The number of benzene rings is 1. The molecule has 2 aliphatic rings. The average Bonchev–Trinajstić information content (AvgIpc) is 2.91. The zero-order valence-electron chi connectivity index (χ0n) is 12.6. The number of nitrogens with one attached hydrogen (secondary N) is 1. The molecule has 0 radical (unpaired) electrons. The van der Waals surface area contributed by atoms with Crippen LogP contribution in [0.3, 0.4) is 0 Å². The average molecular weight is 272 g/mol. The smallest absolute Gasteiger partial charge is 0.0399 e. The number of hydrogen-bond donors (Lipinski definition) is 1. The van der Waals surface area contributed by atoms with Gasteiger partial charge in [-0.2, -0.15) is 0 Å². The minimum atomic E-state index is 0.950. The first-order chi connectivity index (χ1) is 9.93. The Kier molecular flexibility index (Phi) is 4.96. The maximum absolute atomic E-state index is 3.68. The van der Waals surface area contributed by atoms with Crippen molar-refractivity contribution in [2.75, 3.05) is 31.1 Å². The fourth-order valence-electron chi connectivity index (χ4n) is 3.74. The maximum Gasteiger partial charge on any atom is 0.0399 e. The number of aryl methyl sites for hydroxylation is 1. The van der Waals surface area contributed by atoms with E-state index in [4.69, 9.17) is 0 Å². The van der Waals surface area contributed by atoms with Gasteiger partial charge in [0.1, 0.15) is 0 Å². The first kappa shape index (κ1) is 13.9. The van der Waals surface area contributed by atoms with Gasteiger partial charge in [-0.05, 0) is 56.2 Å². The second-order valence-corrected chi connectivity index (χ2v) is 6.43. The Bertz CT molecular complexity index is 410. The van der Waals surface area contributed by atoms with Gasteiger partial charge in [-0.1, -0.05) is 31.0 Å². The third-order valence-electron chi connectivity index (χ3n) is 4.92. The van der Waals surface area contributed by atoms with Crippen molar-refractivity contribution < 1.29 is 0 Å². The molecule has 0 atom stereocenters. The van der Waals surface area contributed by atoms with Crippen LogP contribution in [0, 0.1) is 5.92 Å². The van der Waals surface area contributed by atoms with E-state index in [0.717, 1.165) is 19.0 Å². The van der Waals surface area contributed by atoms with E-state index in [2.05, 4.69) is 34.5 Å². The van der Waals surface area contributed by atoms with E-state index in [1.807, 2.05) is 0 Å². The molecule has 1 aromatic rings. The molecule has 20 heavy (non-hydrogen) atoms. The summed E-state index contributed by atoms with van der Waals surface area (Å²) in [6, 6.07) is 8.97. The third kappa shape index (κ3) is 3.54. The summed E-state index contributed by atoms with van der Waals surface area (Å²) in [5.41, 5.74) is 3.02. The number of para-hydroxylation sites is 1. The van der Waals surface area contributed by atoms with Gasteiger partial charge < -0.3 is 10.2 Å². The Morgan fingerprint density at radius 2 is 1.90 bits per heavy atom. The van der Waals surface area contributed by atoms with Gasteiger partial charge >= 0.3 is 0 Å². The molecular formula is C18H28N2. The van der Waals surface area contributed by atoms with E-state index >= 15 is 0 Å². The molecule has 0 amide bonds. The quantitative estimate of drug-likeness (QED) is 0.824. The molecule has 1 aromatic carbocycles. The Hall–Kier alpha value is -1.02. The van der Waals surface area contributed by atoms with Gasteiger partial charge in [0, 0.05) is 25.3 Å². The Morgan fingerprint density at radius 3 is 2.80 bits per heavy atom. The minimum absolute atomic E-state index is 0.950. The first-order valence-electron chi connectivity index (χ1n) is 8.47. The molecule has 0 unspecified atom stereocenters. The van der Waals surface area contributed by atoms with Crippen LogP contribution in [0.25, 0.3) is 0 Å². The molecular weight excluding hydrogens is 244 g/mol. The number of nitrogens with zero attached hydrogens (tertiary/aromatic N) is 1. The van der Waals surface area contributed by atoms with Gasteiger partial charge in [0.25, 0.3) is 0 Å². The second kappa shape index (κ2) is 7.12. The molecule has 0 bridgehead atoms. The van der Waals surface area contributed by atoms with Gasteiger partial charge in [0.2, 0.25) is 0 Å². The second-order valence-electron chi connectivity index (χ2n) is 6.43. The van der Waals surface area contributed by atoms with Crippen molar-refractivity contribution in [3.05, 3.63) is 29.8 Å². The molecule has 1 heterocycles. The van der Waals surface area contributed by atoms with Gasteiger partial charge in [0.15, 0.2) is 0 Å². The SMILES string of the molecule is c1ccc2c(c1)CCCCN2CCNCC1CCCC1. The van der Waals surface area contributed by atoms with Crippen LogP contribution in [0.2, 0.25) is 0 Å². The van der Waals surface area contributed by atoms with Crippen LogP contribution in [0.15, 0.2) is 24.3 Å². The van der Waals surface area contributed by atoms with Crippen molar-refractivity contribution in [1.82, 2.24) is 5.32 Å². The summed E-state index contributed by atoms with van der Waals surface area (Å²) in [6.07, 6.45) is 9.71. The molecule has 2 nitrogen and oxygen atoms in total. The van der Waals surface area contributed by atoms with E-state index in [1.165, 1.54) is 63.7 Å². The van der Waals surface area contributed by atoms with Gasteiger partial charge in [0.05, 0.1) is 0 Å². The summed E-state index contributed by atoms with van der Waals surface area (Å²) >= 11 is 0. The van der Waals surface area contributed by atoms with Crippen LogP contribution in [0.1, 0.15) is 44.1 Å². The number of anilines is 1. The molecule has 1 saturated carbocycles. The Labute approximate surface area is 123 Å². The lowest BCUT2D eigenvalue weighted by atomic mass is 10.1. The Morgan fingerprint density at radius 1 is 1.05 bits per heavy atom. The fourth-order valence-corrected chi connectivity index (χ4v) is 3.74. The fraction of sp³-hybridized carbons (Fsp3) is 0.667. The van der Waals surface area contributed by atoms with Crippen molar-refractivity contribution >= 4 is 5.69 Å². The van der Waals surface area contributed by atoms with E-state index in [1.54, 1.807) is 5.56 Å². The van der Waals surface area contributed by atoms with Crippen molar-refractivity contribution in [2.45, 2.75) is 44.9 Å². The largest absolute Gasteiger partial charge is 0.370 e. The highest BCUT2D eigenvalue weighted by Gasteiger charge is 2.16. The maximum atomic E-state index is 3.68. The molecule has 110 valence electrons. The summed E-state index contributed by atoms with van der Waals surface area (Å²) in [5, 5.41) is 3.68. The molecule has 0 aromatic heterocycles. The van der Waals surface area contributed by atoms with Crippen molar-refractivity contribution in [2.24, 2.45) is 5.92 Å². The molecule has 1 N–H and O–H groups in total. The molecule has 2 heteroatoms. The predicted octanol–water partition coefficient (Wildman–Crippen LogP) is 3.61. The van der Waals surface area contributed by atoms with Crippen molar-refractivity contribution in [3.63, 3.8) is 0 Å². The van der Waals surface area contributed by atoms with Gasteiger partial charge in [-0.25, -0.2) is 0 Å². The summed E-state index contributed by atoms with van der Waals surface area (Å²) in [4.78, 5) is 2.59. The zero-order chi connectivity index (χ0) is 13.6. The lowest BCUT2D eigenvalue weighted by Gasteiger charge is -2.25. The van der Waals surface area contributed by atoms with Crippen molar-refractivity contribution in [3.8, 4) is 0 Å². The molecule has 0 spiro atoms. The van der Waals surface area contributed by atoms with Gasteiger partial charge in [-0.3, -0.25) is 0 Å². The summed E-state index contributed by atoms with van der Waals surface area (Å²) in [5.74, 6) is 0.950. The van der Waals surface area contributed by atoms with Gasteiger partial charge in [-0.15, -0.1) is 0 Å². The van der Waals surface area contributed by atoms with Crippen LogP contribution in [-0.2, 0) is 6.42 Å². The van der Waals surface area contributed by atoms with Crippen molar-refractivity contribution in [1.29, 1.82) is 0 Å². The van der Waals surface area contributed by atoms with Crippen LogP contribution in [0.4, 0.5) is 5.69 Å². The van der Waals surface area contributed by atoms with E-state index < -0.39 is 0 Å². The number of fused-ring (bicyclic) bond motifs is 1. The zero-order valence-corrected chi connectivity index (χ0v) is 12.6. The molecule has 1 fully saturated rings. The van der Waals surface area contributed by atoms with E-state index in [-0.39, 0.29) is 0 Å². The number of hydrogen-bond acceptors (Lipinski definition) is 2. The monoisotopic (exact) mass is 272 g/mol. The molecule has 1 aliphatic heterocycles. The van der Waals surface area contributed by atoms with E-state index in [9.17, 15) is 0 Å². The van der Waals surface area contributed by atoms with Crippen LogP contribution < -0.4 is 10.2 Å². The summed E-state index contributed by atoms with van der Waals surface area (Å²) in [6.45, 7) is 4.74.